The molecule has 2 atom stereocenters. The van der Waals surface area contributed by atoms with Crippen LogP contribution in [0.4, 0.5) is 28.0 Å². The van der Waals surface area contributed by atoms with Crippen LogP contribution in [0.25, 0.3) is 0 Å². The third-order valence-corrected chi connectivity index (χ3v) is 5.64. The molecule has 0 aromatic heterocycles. The van der Waals surface area contributed by atoms with E-state index in [0.717, 1.165) is 6.07 Å². The van der Waals surface area contributed by atoms with Crippen LogP contribution < -0.4 is 10.6 Å². The van der Waals surface area contributed by atoms with Gasteiger partial charge >= 0.3 is 12.2 Å². The van der Waals surface area contributed by atoms with E-state index in [4.69, 9.17) is 23.2 Å². The van der Waals surface area contributed by atoms with Gasteiger partial charge in [0, 0.05) is 0 Å². The highest BCUT2D eigenvalue weighted by molar-refractivity contribution is 6.40. The SMILES string of the molecule is CC(NC(=O)Nc1c(Cl)cc2c(c1Cl)CCC2(O)C(F)(F)F)c1ccc(F)cc1. The number of hydrogen-bond donors (Lipinski definition) is 3. The summed E-state index contributed by atoms with van der Waals surface area (Å²) in [7, 11) is 0. The fourth-order valence-corrected chi connectivity index (χ4v) is 3.95. The number of benzene rings is 2. The zero-order valence-electron chi connectivity index (χ0n) is 15.0. The lowest BCUT2D eigenvalue weighted by Crippen LogP contribution is -2.40. The molecule has 0 aliphatic heterocycles. The van der Waals surface area contributed by atoms with Gasteiger partial charge in [0.2, 0.25) is 0 Å². The van der Waals surface area contributed by atoms with Crippen LogP contribution in [0, 0.1) is 5.82 Å². The van der Waals surface area contributed by atoms with Crippen molar-refractivity contribution in [1.82, 2.24) is 5.32 Å². The van der Waals surface area contributed by atoms with Gasteiger partial charge in [0.15, 0.2) is 5.60 Å². The van der Waals surface area contributed by atoms with Gasteiger partial charge in [0.05, 0.1) is 21.8 Å². The van der Waals surface area contributed by atoms with Crippen LogP contribution in [0.1, 0.15) is 36.1 Å². The van der Waals surface area contributed by atoms with Crippen molar-refractivity contribution in [3.63, 3.8) is 0 Å². The molecule has 0 spiro atoms. The number of fused-ring (bicyclic) bond motifs is 1. The zero-order chi connectivity index (χ0) is 21.6. The van der Waals surface area contributed by atoms with E-state index in [9.17, 15) is 27.5 Å². The standard InChI is InChI=1S/C19H16Cl2F4N2O2/c1-9(10-2-4-11(22)5-3-10)26-17(28)27-16-14(20)8-13-12(15(16)21)6-7-18(13,29)19(23,24)25/h2-5,8-9,29H,6-7H2,1H3,(H2,26,27,28). The Hall–Kier alpha value is -2.03. The van der Waals surface area contributed by atoms with Crippen molar-refractivity contribution in [1.29, 1.82) is 0 Å². The van der Waals surface area contributed by atoms with Crippen molar-refractivity contribution in [2.24, 2.45) is 0 Å². The van der Waals surface area contributed by atoms with Crippen molar-refractivity contribution in [3.8, 4) is 0 Å². The molecule has 29 heavy (non-hydrogen) atoms. The van der Waals surface area contributed by atoms with Crippen LogP contribution in [0.5, 0.6) is 0 Å². The first-order valence-electron chi connectivity index (χ1n) is 8.57. The van der Waals surface area contributed by atoms with Crippen LogP contribution >= 0.6 is 23.2 Å². The van der Waals surface area contributed by atoms with Gasteiger partial charge in [-0.15, -0.1) is 0 Å². The first kappa shape index (κ1) is 21.7. The minimum absolute atomic E-state index is 0.0534. The zero-order valence-corrected chi connectivity index (χ0v) is 16.5. The molecule has 2 aromatic carbocycles. The first-order valence-corrected chi connectivity index (χ1v) is 9.33. The molecule has 2 unspecified atom stereocenters. The molecule has 2 aromatic rings. The van der Waals surface area contributed by atoms with E-state index in [1.807, 2.05) is 0 Å². The fraction of sp³-hybridized carbons (Fsp3) is 0.316. The number of aliphatic hydroxyl groups is 1. The number of carbonyl (C=O) groups is 1. The van der Waals surface area contributed by atoms with Gasteiger partial charge in [0.25, 0.3) is 0 Å². The number of nitrogens with one attached hydrogen (secondary N) is 2. The van der Waals surface area contributed by atoms with Crippen LogP contribution in [0.2, 0.25) is 10.0 Å². The van der Waals surface area contributed by atoms with Crippen LogP contribution in [0.3, 0.4) is 0 Å². The van der Waals surface area contributed by atoms with Gasteiger partial charge in [-0.05, 0) is 54.7 Å². The number of amides is 2. The molecule has 10 heteroatoms. The maximum atomic E-state index is 13.3. The van der Waals surface area contributed by atoms with E-state index < -0.39 is 41.7 Å². The summed E-state index contributed by atoms with van der Waals surface area (Å²) in [6.45, 7) is 1.67. The largest absolute Gasteiger partial charge is 0.421 e. The molecule has 0 heterocycles. The normalized spacial score (nSPS) is 19.6. The maximum absolute atomic E-state index is 13.3. The second-order valence-electron chi connectivity index (χ2n) is 6.80. The first-order chi connectivity index (χ1) is 13.4. The van der Waals surface area contributed by atoms with Gasteiger partial charge in [-0.1, -0.05) is 35.3 Å². The highest BCUT2D eigenvalue weighted by atomic mass is 35.5. The maximum Gasteiger partial charge on any atom is 0.421 e. The molecule has 2 amide bonds. The molecule has 3 rings (SSSR count). The molecule has 4 nitrogen and oxygen atoms in total. The van der Waals surface area contributed by atoms with Crippen LogP contribution in [-0.2, 0) is 12.0 Å². The Morgan fingerprint density at radius 2 is 1.86 bits per heavy atom. The van der Waals surface area contributed by atoms with Crippen molar-refractivity contribution >= 4 is 34.9 Å². The summed E-state index contributed by atoms with van der Waals surface area (Å²) in [6, 6.07) is 5.30. The monoisotopic (exact) mass is 450 g/mol. The molecular formula is C19H16Cl2F4N2O2. The van der Waals surface area contributed by atoms with E-state index in [-0.39, 0.29) is 27.7 Å². The topological polar surface area (TPSA) is 61.4 Å². The average molecular weight is 451 g/mol. The quantitative estimate of drug-likeness (QED) is 0.524. The summed E-state index contributed by atoms with van der Waals surface area (Å²) in [6.07, 6.45) is -5.59. The van der Waals surface area contributed by atoms with Crippen LogP contribution in [0.15, 0.2) is 30.3 Å². The summed E-state index contributed by atoms with van der Waals surface area (Å²) in [5.74, 6) is -0.416. The summed E-state index contributed by atoms with van der Waals surface area (Å²) < 4.78 is 52.9. The lowest BCUT2D eigenvalue weighted by Gasteiger charge is -2.27. The molecule has 0 bridgehead atoms. The van der Waals surface area contributed by atoms with Crippen molar-refractivity contribution < 1.29 is 27.5 Å². The van der Waals surface area contributed by atoms with Gasteiger partial charge in [-0.25, -0.2) is 9.18 Å². The van der Waals surface area contributed by atoms with Crippen molar-refractivity contribution in [3.05, 3.63) is 62.9 Å². The summed E-state index contributed by atoms with van der Waals surface area (Å²) in [5.41, 5.74) is -2.78. The molecule has 1 aliphatic carbocycles. The van der Waals surface area contributed by atoms with Crippen LogP contribution in [-0.4, -0.2) is 17.3 Å². The van der Waals surface area contributed by atoms with Crippen molar-refractivity contribution in [2.75, 3.05) is 5.32 Å². The van der Waals surface area contributed by atoms with Gasteiger partial charge in [-0.2, -0.15) is 13.2 Å². The number of hydrogen-bond acceptors (Lipinski definition) is 2. The molecule has 0 saturated carbocycles. The van der Waals surface area contributed by atoms with Gasteiger partial charge in [0.1, 0.15) is 5.82 Å². The third-order valence-electron chi connectivity index (χ3n) is 4.93. The van der Waals surface area contributed by atoms with E-state index >= 15 is 0 Å². The van der Waals surface area contributed by atoms with E-state index in [0.29, 0.717) is 5.56 Å². The second-order valence-corrected chi connectivity index (χ2v) is 7.59. The molecular weight excluding hydrogens is 435 g/mol. The number of anilines is 1. The third kappa shape index (κ3) is 4.01. The highest BCUT2D eigenvalue weighted by Gasteiger charge is 2.58. The Labute approximate surface area is 173 Å². The molecule has 156 valence electrons. The van der Waals surface area contributed by atoms with E-state index in [1.165, 1.54) is 24.3 Å². The van der Waals surface area contributed by atoms with E-state index in [1.54, 1.807) is 6.92 Å². The minimum Gasteiger partial charge on any atom is -0.376 e. The van der Waals surface area contributed by atoms with Gasteiger partial charge < -0.3 is 15.7 Å². The number of carbonyl (C=O) groups excluding carboxylic acids is 1. The number of urea groups is 1. The molecule has 0 fully saturated rings. The summed E-state index contributed by atoms with van der Waals surface area (Å²) in [4.78, 5) is 12.3. The number of rotatable bonds is 3. The Morgan fingerprint density at radius 3 is 2.45 bits per heavy atom. The Morgan fingerprint density at radius 1 is 1.24 bits per heavy atom. The highest BCUT2D eigenvalue weighted by Crippen LogP contribution is 2.52. The predicted molar refractivity (Wildman–Crippen MR) is 102 cm³/mol. The molecule has 1 aliphatic rings. The molecule has 0 saturated heterocycles. The summed E-state index contributed by atoms with van der Waals surface area (Å²) in [5, 5.41) is 14.8. The molecule has 0 radical (unpaired) electrons. The Kier molecular flexibility index (Phi) is 5.73. The fourth-order valence-electron chi connectivity index (χ4n) is 3.30. The van der Waals surface area contributed by atoms with Crippen molar-refractivity contribution in [2.45, 2.75) is 37.6 Å². The molecule has 3 N–H and O–H groups in total. The Balaban J connectivity index is 1.82. The lowest BCUT2D eigenvalue weighted by molar-refractivity contribution is -0.265. The number of alkyl halides is 3. The smallest absolute Gasteiger partial charge is 0.376 e. The lowest BCUT2D eigenvalue weighted by atomic mass is 9.95. The second kappa shape index (κ2) is 7.66. The van der Waals surface area contributed by atoms with E-state index in [2.05, 4.69) is 10.6 Å². The minimum atomic E-state index is -4.89. The summed E-state index contributed by atoms with van der Waals surface area (Å²) >= 11 is 12.3. The average Bonchev–Trinajstić information content (AvgIpc) is 2.97. The Bertz CT molecular complexity index is 951. The van der Waals surface area contributed by atoms with Gasteiger partial charge in [-0.3, -0.25) is 0 Å². The number of halogens is 6. The predicted octanol–water partition coefficient (Wildman–Crippen LogP) is 5.71.